The van der Waals surface area contributed by atoms with Crippen molar-refractivity contribution in [2.45, 2.75) is 11.9 Å². The van der Waals surface area contributed by atoms with Crippen LogP contribution < -0.4 is 0 Å². The Hall–Kier alpha value is -1.69. The van der Waals surface area contributed by atoms with Crippen LogP contribution >= 0.6 is 15.9 Å². The molecule has 1 amide bonds. The minimum atomic E-state index is -1.86. The van der Waals surface area contributed by atoms with Gasteiger partial charge in [-0.25, -0.2) is 13.2 Å². The minimum absolute atomic E-state index is 0.0698. The first-order chi connectivity index (χ1) is 10.7. The van der Waals surface area contributed by atoms with Gasteiger partial charge in [0, 0.05) is 10.0 Å². The molecule has 1 aliphatic heterocycles. The van der Waals surface area contributed by atoms with Gasteiger partial charge in [0.15, 0.2) is 0 Å². The van der Waals surface area contributed by atoms with E-state index >= 15 is 0 Å². The van der Waals surface area contributed by atoms with E-state index in [9.17, 15) is 18.0 Å². The molecule has 2 aromatic rings. The summed E-state index contributed by atoms with van der Waals surface area (Å²) >= 11 is 2.97. The van der Waals surface area contributed by atoms with Gasteiger partial charge in [0.25, 0.3) is 5.91 Å². The predicted molar refractivity (Wildman–Crippen MR) is 83.5 cm³/mol. The van der Waals surface area contributed by atoms with Crippen molar-refractivity contribution < 1.29 is 18.0 Å². The molecule has 0 spiro atoms. The first kappa shape index (κ1) is 16.2. The third-order valence-electron chi connectivity index (χ3n) is 3.77. The molecule has 0 bridgehead atoms. The lowest BCUT2D eigenvalue weighted by Crippen LogP contribution is -2.44. The third kappa shape index (κ3) is 2.49. The third-order valence-corrected chi connectivity index (χ3v) is 4.23. The highest BCUT2D eigenvalue weighted by Gasteiger charge is 2.43. The monoisotopic (exact) mass is 375 g/mol. The fourth-order valence-electron chi connectivity index (χ4n) is 2.61. The van der Waals surface area contributed by atoms with E-state index in [4.69, 9.17) is 15.7 Å². The van der Waals surface area contributed by atoms with Crippen LogP contribution in [-0.2, 0) is 11.9 Å². The van der Waals surface area contributed by atoms with Crippen molar-refractivity contribution in [1.29, 1.82) is 0 Å². The zero-order valence-corrected chi connectivity index (χ0v) is 13.2. The lowest BCUT2D eigenvalue weighted by molar-refractivity contribution is 0.0725. The van der Waals surface area contributed by atoms with Crippen molar-refractivity contribution in [1.82, 2.24) is 4.90 Å². The van der Waals surface area contributed by atoms with E-state index in [2.05, 4.69) is 15.9 Å². The van der Waals surface area contributed by atoms with Gasteiger partial charge in [-0.05, 0) is 29.1 Å². The molecule has 1 heterocycles. The topological polar surface area (TPSA) is 20.3 Å². The molecule has 4 radical (unpaired) electrons. The Morgan fingerprint density at radius 3 is 2.26 bits per heavy atom. The van der Waals surface area contributed by atoms with Gasteiger partial charge < -0.3 is 4.90 Å². The van der Waals surface area contributed by atoms with Crippen LogP contribution in [0.25, 0.3) is 0 Å². The molecular weight excluding hydrogens is 369 g/mol. The lowest BCUT2D eigenvalue weighted by Gasteiger charge is -2.34. The fourth-order valence-corrected chi connectivity index (χ4v) is 3.01. The Morgan fingerprint density at radius 2 is 1.70 bits per heavy atom. The Morgan fingerprint density at radius 1 is 1.09 bits per heavy atom. The smallest absolute Gasteiger partial charge is 0.256 e. The van der Waals surface area contributed by atoms with Gasteiger partial charge in [-0.15, -0.1) is 0 Å². The maximum absolute atomic E-state index is 14.0. The molecular formula is C15H7B2BrF3NO. The normalized spacial score (nSPS) is 15.8. The van der Waals surface area contributed by atoms with Gasteiger partial charge in [-0.2, -0.15) is 0 Å². The average Bonchev–Trinajstić information content (AvgIpc) is 2.63. The molecule has 0 N–H and O–H groups in total. The summed E-state index contributed by atoms with van der Waals surface area (Å²) in [5.74, 6) is -3.33. The second-order valence-corrected chi connectivity index (χ2v) is 6.14. The van der Waals surface area contributed by atoms with Crippen molar-refractivity contribution in [3.8, 4) is 0 Å². The molecule has 8 heteroatoms. The highest BCUT2D eigenvalue weighted by molar-refractivity contribution is 9.10. The second-order valence-electron chi connectivity index (χ2n) is 5.23. The summed E-state index contributed by atoms with van der Waals surface area (Å²) in [5.41, 5.74) is -0.592. The molecule has 0 atom stereocenters. The van der Waals surface area contributed by atoms with E-state index in [0.29, 0.717) is 0 Å². The fraction of sp³-hybridized carbons (Fsp3) is 0.133. The Bertz CT molecular complexity index is 805. The Kier molecular flexibility index (Phi) is 3.83. The van der Waals surface area contributed by atoms with Crippen LogP contribution in [0.4, 0.5) is 13.2 Å². The number of rotatable bonds is 2. The summed E-state index contributed by atoms with van der Waals surface area (Å²) < 4.78 is 42.1. The molecule has 2 nitrogen and oxygen atoms in total. The molecule has 23 heavy (non-hydrogen) atoms. The van der Waals surface area contributed by atoms with E-state index in [-0.39, 0.29) is 21.2 Å². The quantitative estimate of drug-likeness (QED) is 0.739. The van der Waals surface area contributed by atoms with E-state index in [1.54, 1.807) is 0 Å². The van der Waals surface area contributed by atoms with E-state index < -0.39 is 35.2 Å². The largest absolute Gasteiger partial charge is 0.342 e. The lowest BCUT2D eigenvalue weighted by atomic mass is 9.58. The second kappa shape index (κ2) is 5.44. The van der Waals surface area contributed by atoms with E-state index in [1.165, 1.54) is 12.1 Å². The summed E-state index contributed by atoms with van der Waals surface area (Å²) in [6.45, 7) is -0.523. The molecule has 0 fully saturated rings. The van der Waals surface area contributed by atoms with E-state index in [1.807, 2.05) is 0 Å². The van der Waals surface area contributed by atoms with Gasteiger partial charge in [0.1, 0.15) is 17.5 Å². The minimum Gasteiger partial charge on any atom is -0.342 e. The highest BCUT2D eigenvalue weighted by atomic mass is 79.9. The van der Waals surface area contributed by atoms with Gasteiger partial charge in [0.05, 0.1) is 27.8 Å². The van der Waals surface area contributed by atoms with Crippen LogP contribution in [0.1, 0.15) is 21.5 Å². The number of carbonyl (C=O) groups is 1. The van der Waals surface area contributed by atoms with Crippen molar-refractivity contribution in [2.75, 3.05) is 0 Å². The predicted octanol–water partition coefficient (Wildman–Crippen LogP) is 2.97. The summed E-state index contributed by atoms with van der Waals surface area (Å²) in [7, 11) is 11.9. The average molecular weight is 376 g/mol. The molecule has 1 aliphatic rings. The maximum atomic E-state index is 14.0. The van der Waals surface area contributed by atoms with E-state index in [0.717, 1.165) is 23.1 Å². The number of benzene rings is 2. The molecule has 0 aliphatic carbocycles. The molecule has 112 valence electrons. The Labute approximate surface area is 141 Å². The zero-order chi connectivity index (χ0) is 16.9. The molecule has 0 saturated heterocycles. The van der Waals surface area contributed by atoms with Gasteiger partial charge in [0.2, 0.25) is 0 Å². The summed E-state index contributed by atoms with van der Waals surface area (Å²) in [6.07, 6.45) is 0. The standard InChI is InChI=1S/C15H7B2BrF3NO/c16-15(17)9-2-1-3-10(19)13(9)14(23)22(15)6-8-11(20)4-7(18)5-12(8)21/h1-5H,6H2. The van der Waals surface area contributed by atoms with Crippen molar-refractivity contribution in [2.24, 2.45) is 0 Å². The number of hydrogen-bond donors (Lipinski definition) is 0. The molecule has 0 aromatic heterocycles. The van der Waals surface area contributed by atoms with Crippen LogP contribution in [0.3, 0.4) is 0 Å². The summed E-state index contributed by atoms with van der Waals surface area (Å²) in [6, 6.07) is 5.98. The maximum Gasteiger partial charge on any atom is 0.256 e. The number of fused-ring (bicyclic) bond motifs is 1. The van der Waals surface area contributed by atoms with Crippen molar-refractivity contribution >= 4 is 37.5 Å². The SMILES string of the molecule is [B]C1([B])c2cccc(F)c2C(=O)N1Cc1c(F)cc(Br)cc1F. The van der Waals surface area contributed by atoms with Crippen LogP contribution in [0.5, 0.6) is 0 Å². The van der Waals surface area contributed by atoms with Crippen LogP contribution in [0, 0.1) is 17.5 Å². The number of carbonyl (C=O) groups excluding carboxylic acids is 1. The Balaban J connectivity index is 2.06. The van der Waals surface area contributed by atoms with Crippen molar-refractivity contribution in [3.63, 3.8) is 0 Å². The molecule has 3 rings (SSSR count). The van der Waals surface area contributed by atoms with Crippen molar-refractivity contribution in [3.05, 3.63) is 68.9 Å². The highest BCUT2D eigenvalue weighted by Crippen LogP contribution is 2.37. The molecule has 2 aromatic carbocycles. The first-order valence-corrected chi connectivity index (χ1v) is 7.35. The zero-order valence-electron chi connectivity index (χ0n) is 11.6. The van der Waals surface area contributed by atoms with Gasteiger partial charge >= 0.3 is 0 Å². The summed E-state index contributed by atoms with van der Waals surface area (Å²) in [5, 5.41) is -1.86. The molecule has 0 saturated carbocycles. The number of halogens is 4. The first-order valence-electron chi connectivity index (χ1n) is 6.55. The molecule has 0 unspecified atom stereocenters. The van der Waals surface area contributed by atoms with Gasteiger partial charge in [-0.3, -0.25) is 4.79 Å². The summed E-state index contributed by atoms with van der Waals surface area (Å²) in [4.78, 5) is 13.2. The van der Waals surface area contributed by atoms with Crippen LogP contribution in [-0.4, -0.2) is 26.5 Å². The van der Waals surface area contributed by atoms with Gasteiger partial charge in [-0.1, -0.05) is 28.1 Å². The number of hydrogen-bond acceptors (Lipinski definition) is 1. The number of amides is 1. The van der Waals surface area contributed by atoms with Crippen LogP contribution in [0.15, 0.2) is 34.8 Å². The number of nitrogens with zero attached hydrogens (tertiary/aromatic N) is 1. The van der Waals surface area contributed by atoms with Crippen LogP contribution in [0.2, 0.25) is 0 Å².